The molecule has 19 heavy (non-hydrogen) atoms. The average molecular weight is 288 g/mol. The van der Waals surface area contributed by atoms with Crippen molar-refractivity contribution in [1.82, 2.24) is 0 Å². The summed E-state index contributed by atoms with van der Waals surface area (Å²) >= 11 is 1.88. The minimum Gasteiger partial charge on any atom is -0.466 e. The van der Waals surface area contributed by atoms with Crippen LogP contribution in [-0.2, 0) is 9.53 Å². The zero-order chi connectivity index (χ0) is 14.2. The Morgan fingerprint density at radius 2 is 1.47 bits per heavy atom. The van der Waals surface area contributed by atoms with Crippen molar-refractivity contribution in [2.45, 2.75) is 78.1 Å². The molecule has 0 amide bonds. The first-order valence-electron chi connectivity index (χ1n) is 8.04. The molecule has 0 rings (SSSR count). The lowest BCUT2D eigenvalue weighted by atomic mass is 10.2. The van der Waals surface area contributed by atoms with Gasteiger partial charge in [0.15, 0.2) is 0 Å². The maximum Gasteiger partial charge on any atom is 0.306 e. The normalized spacial score (nSPS) is 10.6. The number of carbonyl (C=O) groups is 1. The van der Waals surface area contributed by atoms with E-state index in [-0.39, 0.29) is 5.97 Å². The Morgan fingerprint density at radius 1 is 0.842 bits per heavy atom. The Labute approximate surface area is 124 Å². The van der Waals surface area contributed by atoms with Crippen molar-refractivity contribution in [1.29, 1.82) is 0 Å². The molecule has 0 saturated heterocycles. The summed E-state index contributed by atoms with van der Waals surface area (Å²) < 4.78 is 5.22. The molecule has 0 aliphatic carbocycles. The molecule has 3 heteroatoms. The Bertz CT molecular complexity index is 195. The quantitative estimate of drug-likeness (QED) is 0.324. The van der Waals surface area contributed by atoms with Gasteiger partial charge >= 0.3 is 5.97 Å². The summed E-state index contributed by atoms with van der Waals surface area (Å²) in [7, 11) is 0. The Balaban J connectivity index is 3.13. The maximum absolute atomic E-state index is 11.4. The van der Waals surface area contributed by atoms with E-state index in [0.717, 1.165) is 12.2 Å². The SMILES string of the molecule is CCCCCCCOC(=O)CCSCCCCCC. The number of thioether (sulfide) groups is 1. The van der Waals surface area contributed by atoms with Crippen LogP contribution in [0.3, 0.4) is 0 Å². The van der Waals surface area contributed by atoms with Gasteiger partial charge < -0.3 is 4.74 Å². The maximum atomic E-state index is 11.4. The van der Waals surface area contributed by atoms with Crippen LogP contribution in [0.4, 0.5) is 0 Å². The molecule has 0 N–H and O–H groups in total. The molecular weight excluding hydrogens is 256 g/mol. The average Bonchev–Trinajstić information content (AvgIpc) is 2.41. The third-order valence-electron chi connectivity index (χ3n) is 3.10. The van der Waals surface area contributed by atoms with Gasteiger partial charge in [-0.25, -0.2) is 0 Å². The van der Waals surface area contributed by atoms with Crippen LogP contribution < -0.4 is 0 Å². The van der Waals surface area contributed by atoms with Crippen LogP contribution in [0.2, 0.25) is 0 Å². The second-order valence-corrected chi connectivity index (χ2v) is 6.28. The molecule has 0 radical (unpaired) electrons. The van der Waals surface area contributed by atoms with Gasteiger partial charge in [-0.05, 0) is 18.6 Å². The van der Waals surface area contributed by atoms with Gasteiger partial charge in [-0.15, -0.1) is 0 Å². The number of ether oxygens (including phenoxy) is 1. The lowest BCUT2D eigenvalue weighted by Crippen LogP contribution is -2.07. The standard InChI is InChI=1S/C16H32O2S/c1-3-5-7-9-10-13-18-16(17)12-15-19-14-11-8-6-4-2/h3-15H2,1-2H3. The fraction of sp³-hybridized carbons (Fsp3) is 0.938. The highest BCUT2D eigenvalue weighted by Crippen LogP contribution is 2.09. The zero-order valence-electron chi connectivity index (χ0n) is 12.9. The number of carbonyl (C=O) groups excluding carboxylic acids is 1. The third kappa shape index (κ3) is 15.8. The largest absolute Gasteiger partial charge is 0.466 e. The Morgan fingerprint density at radius 3 is 2.16 bits per heavy atom. The first-order valence-corrected chi connectivity index (χ1v) is 9.20. The van der Waals surface area contributed by atoms with Crippen molar-refractivity contribution in [3.63, 3.8) is 0 Å². The number of hydrogen-bond donors (Lipinski definition) is 0. The van der Waals surface area contributed by atoms with Crippen molar-refractivity contribution in [2.24, 2.45) is 0 Å². The predicted octanol–water partition coefficient (Wildman–Crippen LogP) is 5.20. The molecule has 0 bridgehead atoms. The van der Waals surface area contributed by atoms with Crippen LogP contribution in [0.15, 0.2) is 0 Å². The zero-order valence-corrected chi connectivity index (χ0v) is 13.7. The molecule has 0 saturated carbocycles. The van der Waals surface area contributed by atoms with E-state index in [9.17, 15) is 4.79 Å². The molecule has 0 aliphatic rings. The van der Waals surface area contributed by atoms with Gasteiger partial charge in [-0.3, -0.25) is 4.79 Å². The highest BCUT2D eigenvalue weighted by molar-refractivity contribution is 7.99. The summed E-state index contributed by atoms with van der Waals surface area (Å²) in [5, 5.41) is 0. The molecular formula is C16H32O2S. The highest BCUT2D eigenvalue weighted by atomic mass is 32.2. The van der Waals surface area contributed by atoms with Gasteiger partial charge in [-0.1, -0.05) is 58.8 Å². The summed E-state index contributed by atoms with van der Waals surface area (Å²) in [4.78, 5) is 11.4. The first-order chi connectivity index (χ1) is 9.31. The molecule has 0 aliphatic heterocycles. The molecule has 0 aromatic carbocycles. The monoisotopic (exact) mass is 288 g/mol. The molecule has 0 aromatic heterocycles. The second-order valence-electron chi connectivity index (χ2n) is 5.06. The lowest BCUT2D eigenvalue weighted by Gasteiger charge is -2.05. The van der Waals surface area contributed by atoms with E-state index >= 15 is 0 Å². The van der Waals surface area contributed by atoms with E-state index in [1.165, 1.54) is 57.1 Å². The van der Waals surface area contributed by atoms with Crippen molar-refractivity contribution < 1.29 is 9.53 Å². The van der Waals surface area contributed by atoms with Crippen molar-refractivity contribution in [2.75, 3.05) is 18.1 Å². The van der Waals surface area contributed by atoms with Crippen LogP contribution in [0.5, 0.6) is 0 Å². The Kier molecular flexibility index (Phi) is 15.7. The van der Waals surface area contributed by atoms with Gasteiger partial charge in [0, 0.05) is 5.75 Å². The molecule has 0 spiro atoms. The number of rotatable bonds is 14. The Hall–Kier alpha value is -0.180. The van der Waals surface area contributed by atoms with E-state index in [1.54, 1.807) is 0 Å². The van der Waals surface area contributed by atoms with Gasteiger partial charge in [0.1, 0.15) is 0 Å². The van der Waals surface area contributed by atoms with E-state index < -0.39 is 0 Å². The number of esters is 1. The fourth-order valence-electron chi connectivity index (χ4n) is 1.85. The molecule has 0 heterocycles. The summed E-state index contributed by atoms with van der Waals surface area (Å²) in [5.74, 6) is 2.09. The van der Waals surface area contributed by atoms with Crippen LogP contribution >= 0.6 is 11.8 Å². The third-order valence-corrected chi connectivity index (χ3v) is 4.17. The summed E-state index contributed by atoms with van der Waals surface area (Å²) in [6.07, 6.45) is 11.8. The minimum atomic E-state index is -0.0171. The fourth-order valence-corrected chi connectivity index (χ4v) is 2.78. The van der Waals surface area contributed by atoms with Gasteiger partial charge in [-0.2, -0.15) is 11.8 Å². The predicted molar refractivity (Wildman–Crippen MR) is 85.8 cm³/mol. The number of hydrogen-bond acceptors (Lipinski definition) is 3. The minimum absolute atomic E-state index is 0.0171. The van der Waals surface area contributed by atoms with E-state index in [2.05, 4.69) is 13.8 Å². The molecule has 2 nitrogen and oxygen atoms in total. The van der Waals surface area contributed by atoms with Crippen molar-refractivity contribution in [3.05, 3.63) is 0 Å². The topological polar surface area (TPSA) is 26.3 Å². The lowest BCUT2D eigenvalue weighted by molar-refractivity contribution is -0.143. The van der Waals surface area contributed by atoms with Crippen LogP contribution in [0, 0.1) is 0 Å². The first kappa shape index (κ1) is 18.8. The number of unbranched alkanes of at least 4 members (excludes halogenated alkanes) is 7. The smallest absolute Gasteiger partial charge is 0.306 e. The van der Waals surface area contributed by atoms with E-state index in [4.69, 9.17) is 4.74 Å². The van der Waals surface area contributed by atoms with Crippen molar-refractivity contribution >= 4 is 17.7 Å². The van der Waals surface area contributed by atoms with Gasteiger partial charge in [0.2, 0.25) is 0 Å². The van der Waals surface area contributed by atoms with Crippen LogP contribution in [0.1, 0.15) is 78.1 Å². The van der Waals surface area contributed by atoms with Gasteiger partial charge in [0.25, 0.3) is 0 Å². The van der Waals surface area contributed by atoms with Gasteiger partial charge in [0.05, 0.1) is 13.0 Å². The van der Waals surface area contributed by atoms with Crippen LogP contribution in [-0.4, -0.2) is 24.1 Å². The van der Waals surface area contributed by atoms with E-state index in [0.29, 0.717) is 13.0 Å². The molecule has 0 atom stereocenters. The highest BCUT2D eigenvalue weighted by Gasteiger charge is 2.02. The molecule has 0 aromatic rings. The molecule has 0 fully saturated rings. The van der Waals surface area contributed by atoms with E-state index in [1.807, 2.05) is 11.8 Å². The molecule has 114 valence electrons. The molecule has 0 unspecified atom stereocenters. The summed E-state index contributed by atoms with van der Waals surface area (Å²) in [6, 6.07) is 0. The van der Waals surface area contributed by atoms with Crippen LogP contribution in [0.25, 0.3) is 0 Å². The summed E-state index contributed by atoms with van der Waals surface area (Å²) in [6.45, 7) is 5.05. The van der Waals surface area contributed by atoms with Crippen molar-refractivity contribution in [3.8, 4) is 0 Å². The summed E-state index contributed by atoms with van der Waals surface area (Å²) in [5.41, 5.74) is 0. The second kappa shape index (κ2) is 15.9.